The summed E-state index contributed by atoms with van der Waals surface area (Å²) in [6.07, 6.45) is 1.83. The van der Waals surface area contributed by atoms with Crippen molar-refractivity contribution in [1.29, 1.82) is 0 Å². The van der Waals surface area contributed by atoms with Crippen molar-refractivity contribution in [2.24, 2.45) is 11.1 Å². The molecule has 1 aromatic heterocycles. The van der Waals surface area contributed by atoms with Crippen LogP contribution < -0.4 is 5.73 Å². The summed E-state index contributed by atoms with van der Waals surface area (Å²) in [5.41, 5.74) is 6.28. The van der Waals surface area contributed by atoms with Crippen LogP contribution >= 0.6 is 12.4 Å². The highest BCUT2D eigenvalue weighted by Crippen LogP contribution is 2.28. The molecule has 0 aromatic carbocycles. The van der Waals surface area contributed by atoms with Gasteiger partial charge in [-0.15, -0.1) is 12.4 Å². The Balaban J connectivity index is 0.00000162. The van der Waals surface area contributed by atoms with Gasteiger partial charge in [-0.05, 0) is 11.8 Å². The summed E-state index contributed by atoms with van der Waals surface area (Å²) >= 11 is 0. The molecular weight excluding hydrogens is 252 g/mol. The largest absolute Gasteiger partial charge is 0.339 e. The van der Waals surface area contributed by atoms with Crippen molar-refractivity contribution in [3.8, 4) is 0 Å². The lowest BCUT2D eigenvalue weighted by molar-refractivity contribution is 0.0872. The Morgan fingerprint density at radius 1 is 1.50 bits per heavy atom. The second-order valence-corrected chi connectivity index (χ2v) is 5.55. The van der Waals surface area contributed by atoms with E-state index in [1.165, 1.54) is 0 Å². The van der Waals surface area contributed by atoms with Crippen molar-refractivity contribution >= 4 is 12.4 Å². The number of nitrogens with zero attached hydrogens (tertiary/aromatic N) is 3. The highest BCUT2D eigenvalue weighted by Gasteiger charge is 2.33. The standard InChI is InChI=1S/C12H22N4O.ClH/c1-4-11-14-10(15-17-11)7-16-6-5-9(13)12(2,3)8-16;/h9H,4-8,13H2,1-3H3;1H. The number of halogens is 1. The van der Waals surface area contributed by atoms with Crippen LogP contribution in [0.4, 0.5) is 0 Å². The van der Waals surface area contributed by atoms with Crippen LogP contribution in [0.2, 0.25) is 0 Å². The number of hydrogen-bond acceptors (Lipinski definition) is 5. The molecule has 0 bridgehead atoms. The van der Waals surface area contributed by atoms with Crippen molar-refractivity contribution in [1.82, 2.24) is 15.0 Å². The third kappa shape index (κ3) is 3.43. The van der Waals surface area contributed by atoms with Crippen molar-refractivity contribution in [2.75, 3.05) is 13.1 Å². The van der Waals surface area contributed by atoms with E-state index in [1.54, 1.807) is 0 Å². The minimum Gasteiger partial charge on any atom is -0.339 e. The Kier molecular flexibility index (Phi) is 5.13. The molecule has 2 heterocycles. The lowest BCUT2D eigenvalue weighted by atomic mass is 9.80. The van der Waals surface area contributed by atoms with E-state index in [9.17, 15) is 0 Å². The van der Waals surface area contributed by atoms with E-state index >= 15 is 0 Å². The molecule has 104 valence electrons. The van der Waals surface area contributed by atoms with Crippen LogP contribution in [0.15, 0.2) is 4.52 Å². The highest BCUT2D eigenvalue weighted by atomic mass is 35.5. The normalized spacial score (nSPS) is 23.7. The molecule has 6 heteroatoms. The molecule has 18 heavy (non-hydrogen) atoms. The Hall–Kier alpha value is -0.650. The van der Waals surface area contributed by atoms with Crippen molar-refractivity contribution in [2.45, 2.75) is 46.2 Å². The van der Waals surface area contributed by atoms with Crippen molar-refractivity contribution < 1.29 is 4.52 Å². The molecular formula is C12H23ClN4O. The van der Waals surface area contributed by atoms with Crippen LogP contribution in [0, 0.1) is 5.41 Å². The first-order valence-electron chi connectivity index (χ1n) is 6.30. The highest BCUT2D eigenvalue weighted by molar-refractivity contribution is 5.85. The van der Waals surface area contributed by atoms with Gasteiger partial charge >= 0.3 is 0 Å². The maximum absolute atomic E-state index is 6.12. The molecule has 1 aromatic rings. The number of nitrogens with two attached hydrogens (primary N) is 1. The van der Waals surface area contributed by atoms with Crippen LogP contribution in [0.5, 0.6) is 0 Å². The van der Waals surface area contributed by atoms with Crippen molar-refractivity contribution in [3.63, 3.8) is 0 Å². The van der Waals surface area contributed by atoms with Crippen LogP contribution in [-0.4, -0.2) is 34.2 Å². The fourth-order valence-electron chi connectivity index (χ4n) is 2.32. The molecule has 2 N–H and O–H groups in total. The van der Waals surface area contributed by atoms with Gasteiger partial charge in [-0.3, -0.25) is 4.90 Å². The Morgan fingerprint density at radius 3 is 2.78 bits per heavy atom. The minimum absolute atomic E-state index is 0. The summed E-state index contributed by atoms with van der Waals surface area (Å²) in [7, 11) is 0. The van der Waals surface area contributed by atoms with E-state index < -0.39 is 0 Å². The fraction of sp³-hybridized carbons (Fsp3) is 0.833. The molecule has 5 nitrogen and oxygen atoms in total. The predicted octanol–water partition coefficient (Wildman–Crippen LogP) is 1.61. The fourth-order valence-corrected chi connectivity index (χ4v) is 2.32. The zero-order valence-electron chi connectivity index (χ0n) is 11.3. The molecule has 2 rings (SSSR count). The topological polar surface area (TPSA) is 68.2 Å². The molecule has 1 atom stereocenters. The van der Waals surface area contributed by atoms with Crippen molar-refractivity contribution in [3.05, 3.63) is 11.7 Å². The second kappa shape index (κ2) is 5.99. The molecule has 0 saturated carbocycles. The number of rotatable bonds is 3. The molecule has 0 spiro atoms. The second-order valence-electron chi connectivity index (χ2n) is 5.55. The SMILES string of the molecule is CCc1nc(CN2CCC(N)C(C)(C)C2)no1.Cl. The van der Waals surface area contributed by atoms with E-state index in [2.05, 4.69) is 28.9 Å². The zero-order valence-corrected chi connectivity index (χ0v) is 12.2. The van der Waals surface area contributed by atoms with Crippen LogP contribution in [0.1, 0.15) is 38.9 Å². The molecule has 0 amide bonds. The first-order valence-corrected chi connectivity index (χ1v) is 6.30. The Morgan fingerprint density at radius 2 is 2.22 bits per heavy atom. The Bertz CT molecular complexity index is 380. The van der Waals surface area contributed by atoms with Gasteiger partial charge in [-0.1, -0.05) is 25.9 Å². The van der Waals surface area contributed by atoms with Gasteiger partial charge in [0, 0.05) is 25.6 Å². The minimum atomic E-state index is 0. The number of aromatic nitrogens is 2. The lowest BCUT2D eigenvalue weighted by Crippen LogP contribution is -2.52. The van der Waals surface area contributed by atoms with Crippen LogP contribution in [0.3, 0.4) is 0 Å². The number of hydrogen-bond donors (Lipinski definition) is 1. The van der Waals surface area contributed by atoms with Gasteiger partial charge < -0.3 is 10.3 Å². The number of piperidine rings is 1. The number of likely N-dealkylation sites (tertiary alicyclic amines) is 1. The van der Waals surface area contributed by atoms with E-state index in [-0.39, 0.29) is 23.9 Å². The van der Waals surface area contributed by atoms with Gasteiger partial charge in [-0.25, -0.2) is 0 Å². The summed E-state index contributed by atoms with van der Waals surface area (Å²) in [6.45, 7) is 9.22. The summed E-state index contributed by atoms with van der Waals surface area (Å²) in [6, 6.07) is 0.287. The molecule has 1 saturated heterocycles. The Labute approximate surface area is 115 Å². The average molecular weight is 275 g/mol. The van der Waals surface area contributed by atoms with Crippen LogP contribution in [-0.2, 0) is 13.0 Å². The van der Waals surface area contributed by atoms with E-state index in [0.29, 0.717) is 5.89 Å². The molecule has 1 fully saturated rings. The van der Waals surface area contributed by atoms with Gasteiger partial charge in [0.15, 0.2) is 5.82 Å². The lowest BCUT2D eigenvalue weighted by Gasteiger charge is -2.42. The summed E-state index contributed by atoms with van der Waals surface area (Å²) in [5.74, 6) is 1.50. The molecule has 1 aliphatic rings. The predicted molar refractivity (Wildman–Crippen MR) is 72.6 cm³/mol. The van der Waals surface area contributed by atoms with E-state index in [0.717, 1.165) is 38.3 Å². The maximum atomic E-state index is 6.12. The number of aryl methyl sites for hydroxylation is 1. The van der Waals surface area contributed by atoms with Gasteiger partial charge in [0.05, 0.1) is 6.54 Å². The zero-order chi connectivity index (χ0) is 12.5. The average Bonchev–Trinajstić information content (AvgIpc) is 2.71. The third-order valence-corrected chi connectivity index (χ3v) is 3.57. The van der Waals surface area contributed by atoms with Gasteiger partial charge in [0.1, 0.15) is 0 Å². The first kappa shape index (κ1) is 15.4. The monoisotopic (exact) mass is 274 g/mol. The van der Waals surface area contributed by atoms with E-state index in [1.807, 2.05) is 6.92 Å². The van der Waals surface area contributed by atoms with Gasteiger partial charge in [-0.2, -0.15) is 4.98 Å². The molecule has 0 radical (unpaired) electrons. The summed E-state index contributed by atoms with van der Waals surface area (Å²) in [4.78, 5) is 6.69. The summed E-state index contributed by atoms with van der Waals surface area (Å²) < 4.78 is 5.12. The van der Waals surface area contributed by atoms with Gasteiger partial charge in [0.2, 0.25) is 5.89 Å². The first-order chi connectivity index (χ1) is 8.01. The molecule has 1 unspecified atom stereocenters. The smallest absolute Gasteiger partial charge is 0.226 e. The van der Waals surface area contributed by atoms with E-state index in [4.69, 9.17) is 10.3 Å². The molecule has 0 aliphatic carbocycles. The summed E-state index contributed by atoms with van der Waals surface area (Å²) in [5, 5.41) is 3.99. The van der Waals surface area contributed by atoms with Crippen LogP contribution in [0.25, 0.3) is 0 Å². The van der Waals surface area contributed by atoms with Gasteiger partial charge in [0.25, 0.3) is 0 Å². The third-order valence-electron chi connectivity index (χ3n) is 3.57. The maximum Gasteiger partial charge on any atom is 0.226 e. The molecule has 1 aliphatic heterocycles. The quantitative estimate of drug-likeness (QED) is 0.907.